The van der Waals surface area contributed by atoms with E-state index in [2.05, 4.69) is 25.6 Å². The number of piperidine rings is 1. The first kappa shape index (κ1) is 10.1. The van der Waals surface area contributed by atoms with Crippen LogP contribution in [0.1, 0.15) is 24.1 Å². The minimum atomic E-state index is 0.665. The molecule has 86 valence electrons. The fourth-order valence-corrected chi connectivity index (χ4v) is 2.92. The van der Waals surface area contributed by atoms with Gasteiger partial charge in [0.1, 0.15) is 0 Å². The van der Waals surface area contributed by atoms with E-state index in [0.717, 1.165) is 19.0 Å². The van der Waals surface area contributed by atoms with Crippen molar-refractivity contribution < 1.29 is 0 Å². The van der Waals surface area contributed by atoms with E-state index in [4.69, 9.17) is 0 Å². The van der Waals surface area contributed by atoms with Crippen LogP contribution >= 0.6 is 11.5 Å². The number of rotatable bonds is 2. The molecule has 3 heterocycles. The molecule has 3 rings (SSSR count). The Kier molecular flexibility index (Phi) is 2.78. The zero-order valence-corrected chi connectivity index (χ0v) is 10.0. The van der Waals surface area contributed by atoms with Gasteiger partial charge >= 0.3 is 0 Å². The highest BCUT2D eigenvalue weighted by Gasteiger charge is 2.29. The van der Waals surface area contributed by atoms with E-state index in [1.807, 2.05) is 6.20 Å². The lowest BCUT2D eigenvalue weighted by molar-refractivity contribution is 0.262. The standard InChI is InChI=1S/C11H16N4S/c1-2-6-15-9(3-1)7-12-11(15)13-8-10-4-5-14-16-10/h4-5,9H,1-3,6-8H2,(H,12,13)/t9-/m1/s1. The number of nitrogens with one attached hydrogen (secondary N) is 1. The van der Waals surface area contributed by atoms with Gasteiger partial charge in [0.25, 0.3) is 0 Å². The summed E-state index contributed by atoms with van der Waals surface area (Å²) in [4.78, 5) is 8.30. The van der Waals surface area contributed by atoms with Crippen molar-refractivity contribution >= 4 is 17.5 Å². The summed E-state index contributed by atoms with van der Waals surface area (Å²) >= 11 is 1.55. The quantitative estimate of drug-likeness (QED) is 0.845. The van der Waals surface area contributed by atoms with Gasteiger partial charge in [-0.3, -0.25) is 4.99 Å². The van der Waals surface area contributed by atoms with Crippen molar-refractivity contribution in [3.05, 3.63) is 17.1 Å². The molecule has 0 radical (unpaired) electrons. The summed E-state index contributed by atoms with van der Waals surface area (Å²) < 4.78 is 4.10. The highest BCUT2D eigenvalue weighted by molar-refractivity contribution is 7.05. The summed E-state index contributed by atoms with van der Waals surface area (Å²) in [6, 6.07) is 2.72. The zero-order chi connectivity index (χ0) is 10.8. The van der Waals surface area contributed by atoms with Crippen LogP contribution in [0.25, 0.3) is 0 Å². The van der Waals surface area contributed by atoms with Crippen LogP contribution in [0.5, 0.6) is 0 Å². The molecule has 1 aromatic rings. The Balaban J connectivity index is 1.59. The summed E-state index contributed by atoms with van der Waals surface area (Å²) in [5.74, 6) is 1.10. The van der Waals surface area contributed by atoms with Crippen molar-refractivity contribution in [1.82, 2.24) is 14.6 Å². The van der Waals surface area contributed by atoms with Gasteiger partial charge < -0.3 is 10.2 Å². The van der Waals surface area contributed by atoms with Crippen molar-refractivity contribution in [1.29, 1.82) is 0 Å². The number of fused-ring (bicyclic) bond motifs is 1. The van der Waals surface area contributed by atoms with Gasteiger partial charge in [0.2, 0.25) is 0 Å². The number of hydrogen-bond acceptors (Lipinski definition) is 5. The normalized spacial score (nSPS) is 24.1. The molecule has 0 unspecified atom stereocenters. The molecule has 0 spiro atoms. The maximum absolute atomic E-state index is 4.60. The monoisotopic (exact) mass is 236 g/mol. The zero-order valence-electron chi connectivity index (χ0n) is 9.22. The van der Waals surface area contributed by atoms with E-state index in [1.54, 1.807) is 11.5 Å². The molecule has 1 N–H and O–H groups in total. The Labute approximate surface area is 99.5 Å². The van der Waals surface area contributed by atoms with Gasteiger partial charge in [-0.15, -0.1) is 0 Å². The molecule has 16 heavy (non-hydrogen) atoms. The molecular formula is C11H16N4S. The van der Waals surface area contributed by atoms with Crippen LogP contribution in [0.15, 0.2) is 17.3 Å². The Morgan fingerprint density at radius 3 is 3.38 bits per heavy atom. The number of guanidine groups is 1. The van der Waals surface area contributed by atoms with Crippen LogP contribution in [0.2, 0.25) is 0 Å². The van der Waals surface area contributed by atoms with Crippen LogP contribution in [0.3, 0.4) is 0 Å². The molecule has 4 nitrogen and oxygen atoms in total. The van der Waals surface area contributed by atoms with Crippen LogP contribution in [-0.4, -0.2) is 34.4 Å². The van der Waals surface area contributed by atoms with Crippen molar-refractivity contribution in [2.24, 2.45) is 4.99 Å². The third-order valence-electron chi connectivity index (χ3n) is 3.26. The summed E-state index contributed by atoms with van der Waals surface area (Å²) in [6.07, 6.45) is 5.81. The third kappa shape index (κ3) is 1.91. The predicted octanol–water partition coefficient (Wildman–Crippen LogP) is 1.46. The Morgan fingerprint density at radius 2 is 2.50 bits per heavy atom. The van der Waals surface area contributed by atoms with E-state index in [1.165, 1.54) is 30.7 Å². The average molecular weight is 236 g/mol. The minimum absolute atomic E-state index is 0.665. The summed E-state index contributed by atoms with van der Waals surface area (Å²) in [5.41, 5.74) is 0. The van der Waals surface area contributed by atoms with Crippen LogP contribution in [0.4, 0.5) is 0 Å². The van der Waals surface area contributed by atoms with Crippen LogP contribution in [0, 0.1) is 0 Å². The van der Waals surface area contributed by atoms with Gasteiger partial charge in [0.05, 0.1) is 19.1 Å². The number of aliphatic imine (C=N–C) groups is 1. The highest BCUT2D eigenvalue weighted by Crippen LogP contribution is 2.21. The fourth-order valence-electron chi connectivity index (χ4n) is 2.41. The lowest BCUT2D eigenvalue weighted by Gasteiger charge is -2.32. The molecule has 0 saturated carbocycles. The molecule has 2 aliphatic heterocycles. The SMILES string of the molecule is c1cc(CNC2=NC[C@H]3CCCCN23)sn1. The van der Waals surface area contributed by atoms with E-state index in [9.17, 15) is 0 Å². The molecule has 5 heteroatoms. The van der Waals surface area contributed by atoms with E-state index >= 15 is 0 Å². The first-order chi connectivity index (χ1) is 7.93. The third-order valence-corrected chi connectivity index (χ3v) is 4.01. The first-order valence-electron chi connectivity index (χ1n) is 5.88. The minimum Gasteiger partial charge on any atom is -0.351 e. The Morgan fingerprint density at radius 1 is 1.50 bits per heavy atom. The molecule has 1 fully saturated rings. The molecule has 0 aromatic carbocycles. The second-order valence-corrected chi connectivity index (χ2v) is 5.26. The smallest absolute Gasteiger partial charge is 0.194 e. The molecule has 0 aliphatic carbocycles. The maximum atomic E-state index is 4.60. The van der Waals surface area contributed by atoms with E-state index < -0.39 is 0 Å². The van der Waals surface area contributed by atoms with Gasteiger partial charge in [-0.05, 0) is 36.9 Å². The molecule has 1 atom stereocenters. The fraction of sp³-hybridized carbons (Fsp3) is 0.636. The Hall–Kier alpha value is -1.10. The van der Waals surface area contributed by atoms with Crippen molar-refractivity contribution in [2.45, 2.75) is 31.8 Å². The molecule has 1 aromatic heterocycles. The van der Waals surface area contributed by atoms with Crippen LogP contribution in [-0.2, 0) is 6.54 Å². The van der Waals surface area contributed by atoms with Crippen LogP contribution < -0.4 is 5.32 Å². The summed E-state index contributed by atoms with van der Waals surface area (Å²) in [6.45, 7) is 3.00. The predicted molar refractivity (Wildman–Crippen MR) is 65.6 cm³/mol. The largest absolute Gasteiger partial charge is 0.351 e. The van der Waals surface area contributed by atoms with Gasteiger partial charge in [-0.25, -0.2) is 4.37 Å². The number of hydrogen-bond donors (Lipinski definition) is 1. The summed E-state index contributed by atoms with van der Waals surface area (Å²) in [5, 5.41) is 3.43. The lowest BCUT2D eigenvalue weighted by atomic mass is 10.0. The molecule has 0 amide bonds. The Bertz CT molecular complexity index is 373. The van der Waals surface area contributed by atoms with E-state index in [-0.39, 0.29) is 0 Å². The van der Waals surface area contributed by atoms with Gasteiger partial charge in [-0.1, -0.05) is 0 Å². The number of nitrogens with zero attached hydrogens (tertiary/aromatic N) is 3. The number of aromatic nitrogens is 1. The van der Waals surface area contributed by atoms with Crippen molar-refractivity contribution in [2.75, 3.05) is 13.1 Å². The molecule has 1 saturated heterocycles. The topological polar surface area (TPSA) is 40.5 Å². The summed E-state index contributed by atoms with van der Waals surface area (Å²) in [7, 11) is 0. The second-order valence-electron chi connectivity index (χ2n) is 4.34. The molecule has 0 bridgehead atoms. The molecule has 2 aliphatic rings. The van der Waals surface area contributed by atoms with E-state index in [0.29, 0.717) is 6.04 Å². The second kappa shape index (κ2) is 4.41. The lowest BCUT2D eigenvalue weighted by Crippen LogP contribution is -2.45. The first-order valence-corrected chi connectivity index (χ1v) is 6.65. The highest BCUT2D eigenvalue weighted by atomic mass is 32.1. The van der Waals surface area contributed by atoms with Crippen molar-refractivity contribution in [3.63, 3.8) is 0 Å². The average Bonchev–Trinajstić information content (AvgIpc) is 2.96. The van der Waals surface area contributed by atoms with Gasteiger partial charge in [-0.2, -0.15) is 0 Å². The van der Waals surface area contributed by atoms with Crippen molar-refractivity contribution in [3.8, 4) is 0 Å². The maximum Gasteiger partial charge on any atom is 0.194 e. The van der Waals surface area contributed by atoms with Gasteiger partial charge in [0.15, 0.2) is 5.96 Å². The molecular weight excluding hydrogens is 220 g/mol. The van der Waals surface area contributed by atoms with Gasteiger partial charge in [0, 0.05) is 17.6 Å².